The number of ether oxygens (including phenoxy) is 2. The Hall–Kier alpha value is 1.57. The van der Waals surface area contributed by atoms with Crippen LogP contribution in [0.15, 0.2) is 0 Å². The van der Waals surface area contributed by atoms with Crippen molar-refractivity contribution in [1.82, 2.24) is 0 Å². The van der Waals surface area contributed by atoms with Crippen LogP contribution in [0.4, 0.5) is 0 Å². The highest BCUT2D eigenvalue weighted by atomic mass is 35.6. The van der Waals surface area contributed by atoms with Crippen LogP contribution in [-0.2, 0) is 27.2 Å². The highest BCUT2D eigenvalue weighted by Gasteiger charge is 2.60. The van der Waals surface area contributed by atoms with Gasteiger partial charge in [0.2, 0.25) is 5.41 Å². The zero-order chi connectivity index (χ0) is 25.7. The van der Waals surface area contributed by atoms with Crippen molar-refractivity contribution in [3.63, 3.8) is 0 Å². The van der Waals surface area contributed by atoms with E-state index in [4.69, 9.17) is 73.1 Å². The van der Waals surface area contributed by atoms with Gasteiger partial charge in [0.15, 0.2) is 8.11 Å². The van der Waals surface area contributed by atoms with E-state index in [1.807, 2.05) is 13.8 Å². The molecule has 2 fully saturated rings. The Labute approximate surface area is 225 Å². The molecule has 4 unspecified atom stereocenters. The summed E-state index contributed by atoms with van der Waals surface area (Å²) in [5.74, 6) is 0. The van der Waals surface area contributed by atoms with Gasteiger partial charge in [0.1, 0.15) is 0 Å². The predicted molar refractivity (Wildman–Crippen MR) is 147 cm³/mol. The van der Waals surface area contributed by atoms with Crippen LogP contribution in [0.1, 0.15) is 39.5 Å². The summed E-state index contributed by atoms with van der Waals surface area (Å²) in [4.78, 5) is 0. The van der Waals surface area contributed by atoms with Crippen LogP contribution in [0.25, 0.3) is 0 Å². The molecule has 0 aromatic carbocycles. The molecule has 2 aliphatic rings. The predicted octanol–water partition coefficient (Wildman–Crippen LogP) is 5.91. The van der Waals surface area contributed by atoms with Gasteiger partial charge in [0.25, 0.3) is 0 Å². The van der Waals surface area contributed by atoms with Crippen LogP contribution < -0.4 is 0 Å². The number of halogens is 4. The van der Waals surface area contributed by atoms with E-state index in [1.54, 1.807) is 28.4 Å². The first-order valence-electron chi connectivity index (χ1n) is 11.5. The Morgan fingerprint density at radius 2 is 1.45 bits per heavy atom. The van der Waals surface area contributed by atoms with E-state index in [-0.39, 0.29) is 15.8 Å². The smallest absolute Gasteiger partial charge is 0.395 e. The molecule has 0 N–H and O–H groups in total. The molecule has 0 radical (unpaired) electrons. The summed E-state index contributed by atoms with van der Waals surface area (Å²) in [6, 6.07) is 1.94. The van der Waals surface area contributed by atoms with Crippen molar-refractivity contribution < 1.29 is 27.2 Å². The minimum absolute atomic E-state index is 0.0201. The van der Waals surface area contributed by atoms with Crippen LogP contribution in [0, 0.1) is 0 Å². The monoisotopic (exact) mass is 604 g/mol. The third-order valence-electron chi connectivity index (χ3n) is 5.86. The number of hydrogen-bond acceptors (Lipinski definition) is 6. The summed E-state index contributed by atoms with van der Waals surface area (Å²) < 4.78 is 33.0. The van der Waals surface area contributed by atoms with Crippen molar-refractivity contribution in [2.24, 2.45) is 0 Å². The molecule has 0 spiro atoms. The number of alkyl halides is 3. The van der Waals surface area contributed by atoms with E-state index >= 15 is 0 Å². The SMILES string of the molecule is CCO[Si](C)(C)OCC.COC1(OC)CCCC[Si]1(OC)OC.ClC1CC[SiH](Cl)C(Cl)C1Cl. The van der Waals surface area contributed by atoms with Crippen LogP contribution in [-0.4, -0.2) is 88.0 Å². The Kier molecular flexibility index (Phi) is 18.0. The lowest BCUT2D eigenvalue weighted by Gasteiger charge is -2.46. The molecular weight excluding hydrogens is 562 g/mol. The number of methoxy groups -OCH3 is 2. The first-order chi connectivity index (χ1) is 15.4. The summed E-state index contributed by atoms with van der Waals surface area (Å²) in [5.41, 5.74) is -0.630. The zero-order valence-corrected chi connectivity index (χ0v) is 27.6. The normalized spacial score (nSPS) is 28.7. The maximum absolute atomic E-state index is 5.99. The standard InChI is InChI=1S/C9H20O4Si.C6H16O2Si.C5H8Cl4Si/c1-10-9(11-2)7-5-6-8-14(9,12-3)13-4;1-5-7-9(3,4)8-6-2;6-3-1-2-10(9)5(8)4(3)7/h5-8H2,1-4H3;5-6H2,1-4H3;3-5,10H,1-2H2. The van der Waals surface area contributed by atoms with Gasteiger partial charge in [-0.05, 0) is 51.9 Å². The van der Waals surface area contributed by atoms with E-state index in [0.717, 1.165) is 51.0 Å². The van der Waals surface area contributed by atoms with Crippen LogP contribution >= 0.6 is 45.9 Å². The molecule has 0 aromatic heterocycles. The number of hydrogen-bond donors (Lipinski definition) is 0. The van der Waals surface area contributed by atoms with Crippen molar-refractivity contribution >= 4 is 71.1 Å². The van der Waals surface area contributed by atoms with E-state index in [2.05, 4.69) is 13.1 Å². The second-order valence-corrected chi connectivity index (χ2v) is 21.3. The van der Waals surface area contributed by atoms with E-state index < -0.39 is 30.6 Å². The molecular formula is C20H44Cl4O6Si3. The lowest BCUT2D eigenvalue weighted by atomic mass is 10.2. The maximum atomic E-state index is 5.99. The van der Waals surface area contributed by atoms with Crippen molar-refractivity contribution in [1.29, 1.82) is 0 Å². The van der Waals surface area contributed by atoms with Gasteiger partial charge in [0, 0.05) is 48.1 Å². The summed E-state index contributed by atoms with van der Waals surface area (Å²) in [5, 5.41) is -0.141. The van der Waals surface area contributed by atoms with E-state index in [9.17, 15) is 0 Å². The Morgan fingerprint density at radius 1 is 0.939 bits per heavy atom. The Balaban J connectivity index is 0.000000482. The highest BCUT2D eigenvalue weighted by Crippen LogP contribution is 2.40. The van der Waals surface area contributed by atoms with Gasteiger partial charge in [-0.15, -0.1) is 34.8 Å². The van der Waals surface area contributed by atoms with Gasteiger partial charge in [-0.1, -0.05) is 6.42 Å². The highest BCUT2D eigenvalue weighted by molar-refractivity contribution is 7.10. The van der Waals surface area contributed by atoms with E-state index in [0.29, 0.717) is 0 Å². The second kappa shape index (κ2) is 17.1. The largest absolute Gasteiger partial charge is 0.399 e. The van der Waals surface area contributed by atoms with Gasteiger partial charge in [-0.2, -0.15) is 11.1 Å². The van der Waals surface area contributed by atoms with Crippen LogP contribution in [0.3, 0.4) is 0 Å². The maximum Gasteiger partial charge on any atom is 0.399 e. The van der Waals surface area contributed by atoms with Crippen molar-refractivity contribution in [3.05, 3.63) is 0 Å². The molecule has 0 bridgehead atoms. The second-order valence-electron chi connectivity index (χ2n) is 8.29. The molecule has 6 nitrogen and oxygen atoms in total. The summed E-state index contributed by atoms with van der Waals surface area (Å²) in [6.07, 6.45) is 4.01. The van der Waals surface area contributed by atoms with Crippen molar-refractivity contribution in [2.45, 2.75) is 85.9 Å². The van der Waals surface area contributed by atoms with Gasteiger partial charge < -0.3 is 27.2 Å². The molecule has 2 saturated heterocycles. The zero-order valence-electron chi connectivity index (χ0n) is 21.4. The fourth-order valence-electron chi connectivity index (χ4n) is 4.07. The van der Waals surface area contributed by atoms with Gasteiger partial charge >= 0.3 is 17.1 Å². The first kappa shape index (κ1) is 34.6. The topological polar surface area (TPSA) is 55.4 Å². The van der Waals surface area contributed by atoms with Crippen LogP contribution in [0.2, 0.25) is 25.2 Å². The third kappa shape index (κ3) is 10.5. The first-order valence-corrected chi connectivity index (χ1v) is 20.9. The van der Waals surface area contributed by atoms with Crippen LogP contribution in [0.5, 0.6) is 0 Å². The molecule has 0 aromatic rings. The minimum Gasteiger partial charge on any atom is -0.395 e. The molecule has 0 amide bonds. The van der Waals surface area contributed by atoms with Gasteiger partial charge in [-0.3, -0.25) is 0 Å². The molecule has 2 aliphatic heterocycles. The lowest BCUT2D eigenvalue weighted by molar-refractivity contribution is -0.183. The molecule has 2 rings (SSSR count). The van der Waals surface area contributed by atoms with Crippen molar-refractivity contribution in [3.8, 4) is 0 Å². The third-order valence-corrected chi connectivity index (χ3v) is 18.6. The Bertz CT molecular complexity index is 474. The molecule has 4 atom stereocenters. The number of rotatable bonds is 8. The van der Waals surface area contributed by atoms with Gasteiger partial charge in [0.05, 0.1) is 15.8 Å². The Morgan fingerprint density at radius 3 is 1.82 bits per heavy atom. The average molecular weight is 607 g/mol. The summed E-state index contributed by atoms with van der Waals surface area (Å²) in [7, 11) is 1.38. The fourth-order valence-corrected chi connectivity index (χ4v) is 13.7. The molecule has 13 heteroatoms. The lowest BCUT2D eigenvalue weighted by Crippen LogP contribution is -2.65. The van der Waals surface area contributed by atoms with Crippen molar-refractivity contribution in [2.75, 3.05) is 41.7 Å². The molecule has 2 heterocycles. The molecule has 0 aliphatic carbocycles. The fraction of sp³-hybridized carbons (Fsp3) is 1.00. The van der Waals surface area contributed by atoms with Gasteiger partial charge in [-0.25, -0.2) is 0 Å². The quantitative estimate of drug-likeness (QED) is 0.148. The average Bonchev–Trinajstić information content (AvgIpc) is 2.80. The summed E-state index contributed by atoms with van der Waals surface area (Å²) >= 11 is 23.7. The molecule has 33 heavy (non-hydrogen) atoms. The van der Waals surface area contributed by atoms with E-state index in [1.165, 1.54) is 0 Å². The summed E-state index contributed by atoms with van der Waals surface area (Å²) in [6.45, 7) is 9.62. The minimum atomic E-state index is -2.35. The molecule has 200 valence electrons. The molecule has 0 saturated carbocycles.